The van der Waals surface area contributed by atoms with Crippen LogP contribution in [-0.2, 0) is 17.4 Å². The van der Waals surface area contributed by atoms with Crippen molar-refractivity contribution in [1.82, 2.24) is 10.9 Å². The predicted molar refractivity (Wildman–Crippen MR) is 71.8 cm³/mol. The molecule has 6 heteroatoms. The van der Waals surface area contributed by atoms with E-state index in [1.165, 1.54) is 0 Å². The zero-order valence-corrected chi connectivity index (χ0v) is 11.4. The molecule has 0 aromatic heterocycles. The molecule has 0 aliphatic rings. The predicted octanol–water partition coefficient (Wildman–Crippen LogP) is 2.34. The molecular formula is C13H14CrN4O. The summed E-state index contributed by atoms with van der Waals surface area (Å²) in [5.41, 5.74) is 12.2. The van der Waals surface area contributed by atoms with Gasteiger partial charge in [-0.15, -0.1) is 0 Å². The maximum Gasteiger partial charge on any atom is 0.352 e. The first-order valence-corrected chi connectivity index (χ1v) is 5.53. The van der Waals surface area contributed by atoms with Crippen LogP contribution in [0.4, 0.5) is 16.2 Å². The van der Waals surface area contributed by atoms with E-state index in [1.54, 1.807) is 0 Å². The van der Waals surface area contributed by atoms with E-state index in [1.807, 2.05) is 60.7 Å². The smallest absolute Gasteiger partial charge is 0.297 e. The Hall–Kier alpha value is -2.16. The third-order valence-corrected chi connectivity index (χ3v) is 2.19. The first kappa shape index (κ1) is 14.9. The number of hydrazine groups is 2. The van der Waals surface area contributed by atoms with Gasteiger partial charge in [0.05, 0.1) is 11.4 Å². The topological polar surface area (TPSA) is 65.2 Å². The molecule has 2 rings (SSSR count). The van der Waals surface area contributed by atoms with E-state index in [0.29, 0.717) is 0 Å². The molecule has 0 atom stereocenters. The van der Waals surface area contributed by atoms with Crippen LogP contribution in [0.1, 0.15) is 0 Å². The number of rotatable bonds is 4. The molecule has 2 amide bonds. The van der Waals surface area contributed by atoms with Gasteiger partial charge in [-0.2, -0.15) is 0 Å². The zero-order valence-electron chi connectivity index (χ0n) is 10.1. The second kappa shape index (κ2) is 8.03. The number of benzene rings is 2. The van der Waals surface area contributed by atoms with Crippen LogP contribution in [0.2, 0.25) is 0 Å². The fraction of sp³-hybridized carbons (Fsp3) is 0. The van der Waals surface area contributed by atoms with Crippen molar-refractivity contribution in [2.24, 2.45) is 0 Å². The molecule has 0 fully saturated rings. The fourth-order valence-corrected chi connectivity index (χ4v) is 1.33. The molecule has 5 nitrogen and oxygen atoms in total. The number of para-hydroxylation sites is 2. The molecule has 4 N–H and O–H groups in total. The van der Waals surface area contributed by atoms with Crippen molar-refractivity contribution >= 4 is 17.4 Å². The summed E-state index contributed by atoms with van der Waals surface area (Å²) >= 11 is 0. The van der Waals surface area contributed by atoms with Crippen molar-refractivity contribution in [3.63, 3.8) is 0 Å². The molecule has 0 radical (unpaired) electrons. The first-order chi connectivity index (χ1) is 8.84. The minimum absolute atomic E-state index is 0. The Balaban J connectivity index is 0.00000180. The average Bonchev–Trinajstić information content (AvgIpc) is 2.45. The number of hydrogen-bond acceptors (Lipinski definition) is 3. The fourth-order valence-electron chi connectivity index (χ4n) is 1.33. The van der Waals surface area contributed by atoms with Crippen LogP contribution in [0.25, 0.3) is 0 Å². The standard InChI is InChI=1S/C13H14N4O.Cr/c18-13(16-14-11-7-3-1-4-8-11)17-15-12-9-5-2-6-10-12;/h1-10,14-15H,(H2,16,17,18);. The normalized spacial score (nSPS) is 8.84. The van der Waals surface area contributed by atoms with Crippen molar-refractivity contribution in [3.05, 3.63) is 60.7 Å². The Bertz CT molecular complexity index is 447. The van der Waals surface area contributed by atoms with Crippen LogP contribution >= 0.6 is 0 Å². The molecule has 0 bridgehead atoms. The number of carbonyl (C=O) groups is 1. The van der Waals surface area contributed by atoms with E-state index in [-0.39, 0.29) is 23.4 Å². The molecule has 0 saturated heterocycles. The third kappa shape index (κ3) is 5.34. The quantitative estimate of drug-likeness (QED) is 0.654. The monoisotopic (exact) mass is 294 g/mol. The maximum atomic E-state index is 11.4. The van der Waals surface area contributed by atoms with Gasteiger partial charge in [0.15, 0.2) is 0 Å². The number of hydrogen-bond donors (Lipinski definition) is 4. The molecule has 0 spiro atoms. The van der Waals surface area contributed by atoms with Crippen molar-refractivity contribution in [2.75, 3.05) is 10.9 Å². The van der Waals surface area contributed by atoms with E-state index >= 15 is 0 Å². The van der Waals surface area contributed by atoms with Crippen LogP contribution in [0.5, 0.6) is 0 Å². The number of amides is 2. The molecular weight excluding hydrogens is 280 g/mol. The Morgan fingerprint density at radius 3 is 1.42 bits per heavy atom. The van der Waals surface area contributed by atoms with Gasteiger partial charge in [-0.1, -0.05) is 36.4 Å². The van der Waals surface area contributed by atoms with Crippen LogP contribution in [0.15, 0.2) is 60.7 Å². The van der Waals surface area contributed by atoms with Gasteiger partial charge < -0.3 is 0 Å². The van der Waals surface area contributed by atoms with Gasteiger partial charge in [-0.3, -0.25) is 21.7 Å². The molecule has 0 unspecified atom stereocenters. The summed E-state index contributed by atoms with van der Waals surface area (Å²) in [6.45, 7) is 0. The van der Waals surface area contributed by atoms with Gasteiger partial charge in [0.25, 0.3) is 0 Å². The van der Waals surface area contributed by atoms with Gasteiger partial charge in [0, 0.05) is 17.4 Å². The molecule has 0 aliphatic carbocycles. The summed E-state index contributed by atoms with van der Waals surface area (Å²) < 4.78 is 0. The van der Waals surface area contributed by atoms with E-state index in [4.69, 9.17) is 0 Å². The summed E-state index contributed by atoms with van der Waals surface area (Å²) in [5.74, 6) is 0. The van der Waals surface area contributed by atoms with Crippen molar-refractivity contribution in [1.29, 1.82) is 0 Å². The minimum Gasteiger partial charge on any atom is -0.297 e. The maximum absolute atomic E-state index is 11.4. The summed E-state index contributed by atoms with van der Waals surface area (Å²) in [7, 11) is 0. The van der Waals surface area contributed by atoms with Crippen LogP contribution in [0.3, 0.4) is 0 Å². The van der Waals surface area contributed by atoms with Crippen LogP contribution in [-0.4, -0.2) is 6.03 Å². The number of urea groups is 1. The van der Waals surface area contributed by atoms with Gasteiger partial charge in [-0.25, -0.2) is 4.79 Å². The molecule has 2 aromatic rings. The Labute approximate surface area is 122 Å². The zero-order chi connectivity index (χ0) is 12.6. The number of nitrogens with one attached hydrogen (secondary N) is 4. The summed E-state index contributed by atoms with van der Waals surface area (Å²) in [5, 5.41) is 0. The number of anilines is 2. The number of carbonyl (C=O) groups excluding carboxylic acids is 1. The van der Waals surface area contributed by atoms with Gasteiger partial charge in [0.1, 0.15) is 0 Å². The van der Waals surface area contributed by atoms with E-state index in [0.717, 1.165) is 11.4 Å². The van der Waals surface area contributed by atoms with Crippen molar-refractivity contribution in [3.8, 4) is 0 Å². The second-order valence-corrected chi connectivity index (χ2v) is 3.56. The van der Waals surface area contributed by atoms with Gasteiger partial charge in [0.2, 0.25) is 0 Å². The van der Waals surface area contributed by atoms with Gasteiger partial charge >= 0.3 is 6.03 Å². The SMILES string of the molecule is O=C(NNc1ccccc1)NNc1ccccc1.[Cr]. The van der Waals surface area contributed by atoms with E-state index in [9.17, 15) is 4.79 Å². The Morgan fingerprint density at radius 1 is 0.684 bits per heavy atom. The molecule has 19 heavy (non-hydrogen) atoms. The van der Waals surface area contributed by atoms with Crippen LogP contribution < -0.4 is 21.7 Å². The average molecular weight is 294 g/mol. The van der Waals surface area contributed by atoms with Gasteiger partial charge in [-0.05, 0) is 24.3 Å². The largest absolute Gasteiger partial charge is 0.352 e. The molecule has 0 saturated carbocycles. The Morgan fingerprint density at radius 2 is 1.05 bits per heavy atom. The minimum atomic E-state index is -0.372. The molecule has 0 aliphatic heterocycles. The summed E-state index contributed by atoms with van der Waals surface area (Å²) in [6.07, 6.45) is 0. The summed E-state index contributed by atoms with van der Waals surface area (Å²) in [4.78, 5) is 11.4. The van der Waals surface area contributed by atoms with E-state index < -0.39 is 0 Å². The summed E-state index contributed by atoms with van der Waals surface area (Å²) in [6, 6.07) is 18.4. The molecule has 98 valence electrons. The van der Waals surface area contributed by atoms with Crippen molar-refractivity contribution < 1.29 is 22.2 Å². The molecule has 2 aromatic carbocycles. The van der Waals surface area contributed by atoms with Crippen molar-refractivity contribution in [2.45, 2.75) is 0 Å². The Kier molecular flexibility index (Phi) is 6.30. The molecule has 0 heterocycles. The third-order valence-electron chi connectivity index (χ3n) is 2.19. The van der Waals surface area contributed by atoms with Crippen LogP contribution in [0, 0.1) is 0 Å². The first-order valence-electron chi connectivity index (χ1n) is 5.53. The van der Waals surface area contributed by atoms with E-state index in [2.05, 4.69) is 21.7 Å². The second-order valence-electron chi connectivity index (χ2n) is 3.56.